The molecule has 0 aliphatic rings. The summed E-state index contributed by atoms with van der Waals surface area (Å²) < 4.78 is 1.64. The van der Waals surface area contributed by atoms with Gasteiger partial charge >= 0.3 is 5.97 Å². The molecular weight excluding hydrogens is 270 g/mol. The van der Waals surface area contributed by atoms with E-state index in [-0.39, 0.29) is 11.5 Å². The van der Waals surface area contributed by atoms with Gasteiger partial charge in [-0.3, -0.25) is 9.48 Å². The Morgan fingerprint density at radius 1 is 1.38 bits per heavy atom. The van der Waals surface area contributed by atoms with Crippen LogP contribution in [0.2, 0.25) is 0 Å². The normalized spacial score (nSPS) is 10.8. The molecule has 0 saturated heterocycles. The lowest BCUT2D eigenvalue weighted by molar-refractivity contribution is -0.111. The number of aromatic nitrogens is 2. The van der Waals surface area contributed by atoms with Crippen LogP contribution in [0.5, 0.6) is 0 Å². The van der Waals surface area contributed by atoms with Gasteiger partial charge in [0.15, 0.2) is 0 Å². The molecule has 0 unspecified atom stereocenters. The maximum absolute atomic E-state index is 11.8. The largest absolute Gasteiger partial charge is 0.478 e. The molecule has 1 heterocycles. The molecule has 0 radical (unpaired) electrons. The first-order valence-corrected chi connectivity index (χ1v) is 6.27. The summed E-state index contributed by atoms with van der Waals surface area (Å²) in [6.45, 7) is 1.69. The Kier molecular flexibility index (Phi) is 4.18. The molecule has 0 saturated carbocycles. The van der Waals surface area contributed by atoms with Gasteiger partial charge in [-0.25, -0.2) is 4.79 Å². The molecule has 0 spiro atoms. The summed E-state index contributed by atoms with van der Waals surface area (Å²) in [7, 11) is 1.80. The highest BCUT2D eigenvalue weighted by molar-refractivity contribution is 6.02. The molecule has 1 aromatic heterocycles. The molecule has 0 bridgehead atoms. The van der Waals surface area contributed by atoms with E-state index in [9.17, 15) is 9.59 Å². The van der Waals surface area contributed by atoms with Crippen molar-refractivity contribution in [3.8, 4) is 0 Å². The van der Waals surface area contributed by atoms with Gasteiger partial charge in [-0.15, -0.1) is 0 Å². The van der Waals surface area contributed by atoms with Crippen LogP contribution in [-0.4, -0.2) is 26.8 Å². The minimum Gasteiger partial charge on any atom is -0.478 e. The van der Waals surface area contributed by atoms with Crippen molar-refractivity contribution < 1.29 is 14.7 Å². The third kappa shape index (κ3) is 3.79. The molecule has 1 amide bonds. The second kappa shape index (κ2) is 6.04. The third-order valence-corrected chi connectivity index (χ3v) is 2.88. The summed E-state index contributed by atoms with van der Waals surface area (Å²) in [5, 5.41) is 15.6. The third-order valence-electron chi connectivity index (χ3n) is 2.88. The second-order valence-electron chi connectivity index (χ2n) is 4.60. The summed E-state index contributed by atoms with van der Waals surface area (Å²) >= 11 is 0. The zero-order valence-corrected chi connectivity index (χ0v) is 11.7. The lowest BCUT2D eigenvalue weighted by Crippen LogP contribution is -2.09. The summed E-state index contributed by atoms with van der Waals surface area (Å²) in [4.78, 5) is 22.7. The van der Waals surface area contributed by atoms with E-state index >= 15 is 0 Å². The Morgan fingerprint density at radius 2 is 2.14 bits per heavy atom. The fourth-order valence-electron chi connectivity index (χ4n) is 1.86. The number of hydrogen-bond acceptors (Lipinski definition) is 3. The van der Waals surface area contributed by atoms with Crippen LogP contribution < -0.4 is 5.32 Å². The van der Waals surface area contributed by atoms with Crippen LogP contribution in [0.4, 0.5) is 5.69 Å². The zero-order valence-electron chi connectivity index (χ0n) is 11.7. The van der Waals surface area contributed by atoms with E-state index in [0.29, 0.717) is 11.3 Å². The maximum atomic E-state index is 11.8. The summed E-state index contributed by atoms with van der Waals surface area (Å²) in [6.07, 6.45) is 6.49. The smallest absolute Gasteiger partial charge is 0.335 e. The van der Waals surface area contributed by atoms with Crippen molar-refractivity contribution >= 4 is 23.6 Å². The van der Waals surface area contributed by atoms with Crippen LogP contribution in [0.1, 0.15) is 21.5 Å². The number of carboxylic acids is 1. The Bertz CT molecular complexity index is 717. The molecule has 6 nitrogen and oxygen atoms in total. The lowest BCUT2D eigenvalue weighted by atomic mass is 10.1. The Labute approximate surface area is 121 Å². The predicted molar refractivity (Wildman–Crippen MR) is 79.0 cm³/mol. The van der Waals surface area contributed by atoms with Crippen LogP contribution in [0.25, 0.3) is 6.08 Å². The number of benzene rings is 1. The molecule has 0 atom stereocenters. The number of carbonyl (C=O) groups excluding carboxylic acids is 1. The zero-order chi connectivity index (χ0) is 15.4. The number of nitrogens with zero attached hydrogens (tertiary/aromatic N) is 2. The molecule has 0 aliphatic heterocycles. The highest BCUT2D eigenvalue weighted by Gasteiger charge is 2.07. The van der Waals surface area contributed by atoms with Crippen molar-refractivity contribution in [2.75, 3.05) is 5.32 Å². The van der Waals surface area contributed by atoms with Crippen molar-refractivity contribution in [2.24, 2.45) is 7.05 Å². The van der Waals surface area contributed by atoms with Crippen LogP contribution in [0.3, 0.4) is 0 Å². The number of nitrogens with one attached hydrogen (secondary N) is 1. The van der Waals surface area contributed by atoms with E-state index in [1.807, 2.05) is 0 Å². The summed E-state index contributed by atoms with van der Waals surface area (Å²) in [5.74, 6) is -1.27. The average Bonchev–Trinajstić information content (AvgIpc) is 2.82. The molecule has 2 aromatic rings. The quantitative estimate of drug-likeness (QED) is 0.842. The lowest BCUT2D eigenvalue weighted by Gasteiger charge is -2.05. The molecule has 6 heteroatoms. The summed E-state index contributed by atoms with van der Waals surface area (Å²) in [5.41, 5.74) is 2.19. The molecule has 2 N–H and O–H groups in total. The minimum atomic E-state index is -0.984. The van der Waals surface area contributed by atoms with E-state index in [4.69, 9.17) is 5.11 Å². The van der Waals surface area contributed by atoms with E-state index in [2.05, 4.69) is 10.4 Å². The number of aromatic carboxylic acids is 1. The second-order valence-corrected chi connectivity index (χ2v) is 4.60. The molecule has 108 valence electrons. The Morgan fingerprint density at radius 3 is 2.71 bits per heavy atom. The van der Waals surface area contributed by atoms with E-state index in [1.165, 1.54) is 12.1 Å². The Balaban J connectivity index is 2.04. The van der Waals surface area contributed by atoms with Crippen LogP contribution in [0, 0.1) is 6.92 Å². The number of hydrogen-bond donors (Lipinski definition) is 2. The van der Waals surface area contributed by atoms with Crippen LogP contribution in [0.15, 0.2) is 36.7 Å². The van der Waals surface area contributed by atoms with Crippen molar-refractivity contribution in [1.82, 2.24) is 9.78 Å². The van der Waals surface area contributed by atoms with Gasteiger partial charge in [-0.05, 0) is 36.8 Å². The predicted octanol–water partition coefficient (Wildman–Crippen LogP) is 2.08. The maximum Gasteiger partial charge on any atom is 0.335 e. The number of carboxylic acid groups (broad SMARTS) is 1. The van der Waals surface area contributed by atoms with Crippen LogP contribution >= 0.6 is 0 Å². The van der Waals surface area contributed by atoms with Crippen molar-refractivity contribution in [1.29, 1.82) is 0 Å². The number of anilines is 1. The number of rotatable bonds is 4. The Hall–Kier alpha value is -2.89. The minimum absolute atomic E-state index is 0.221. The van der Waals surface area contributed by atoms with Gasteiger partial charge in [-0.1, -0.05) is 0 Å². The van der Waals surface area contributed by atoms with Crippen molar-refractivity contribution in [3.05, 3.63) is 53.4 Å². The van der Waals surface area contributed by atoms with Gasteiger partial charge in [0, 0.05) is 30.6 Å². The SMILES string of the molecule is Cc1cc(NC(=O)C=Cc2cnn(C)c2)ccc1C(=O)O. The van der Waals surface area contributed by atoms with Crippen molar-refractivity contribution in [3.63, 3.8) is 0 Å². The molecule has 0 aliphatic carbocycles. The molecule has 21 heavy (non-hydrogen) atoms. The van der Waals surface area contributed by atoms with Gasteiger partial charge in [0.25, 0.3) is 0 Å². The highest BCUT2D eigenvalue weighted by Crippen LogP contribution is 2.15. The fourth-order valence-corrected chi connectivity index (χ4v) is 1.86. The van der Waals surface area contributed by atoms with Gasteiger partial charge in [0.1, 0.15) is 0 Å². The van der Waals surface area contributed by atoms with Crippen molar-refractivity contribution in [2.45, 2.75) is 6.92 Å². The number of aryl methyl sites for hydroxylation is 2. The van der Waals surface area contributed by atoms with Crippen LogP contribution in [-0.2, 0) is 11.8 Å². The topological polar surface area (TPSA) is 84.2 Å². The standard InChI is InChI=1S/C15H15N3O3/c1-10-7-12(4-5-13(10)15(20)21)17-14(19)6-3-11-8-16-18(2)9-11/h3-9H,1-2H3,(H,17,19)(H,20,21). The van der Waals surface area contributed by atoms with Gasteiger partial charge in [-0.2, -0.15) is 5.10 Å². The average molecular weight is 285 g/mol. The first kappa shape index (κ1) is 14.5. The first-order valence-electron chi connectivity index (χ1n) is 6.27. The fraction of sp³-hybridized carbons (Fsp3) is 0.133. The van der Waals surface area contributed by atoms with Gasteiger partial charge in [0.05, 0.1) is 11.8 Å². The molecule has 2 rings (SSSR count). The highest BCUT2D eigenvalue weighted by atomic mass is 16.4. The summed E-state index contributed by atoms with van der Waals surface area (Å²) in [6, 6.07) is 4.66. The van der Waals surface area contributed by atoms with E-state index in [1.54, 1.807) is 49.3 Å². The van der Waals surface area contributed by atoms with Gasteiger partial charge in [0.2, 0.25) is 5.91 Å². The van der Waals surface area contributed by atoms with E-state index in [0.717, 1.165) is 5.56 Å². The monoisotopic (exact) mass is 285 g/mol. The first-order chi connectivity index (χ1) is 9.95. The number of amides is 1. The molecule has 1 aromatic carbocycles. The van der Waals surface area contributed by atoms with E-state index < -0.39 is 5.97 Å². The molecule has 0 fully saturated rings. The molecular formula is C15H15N3O3. The number of carbonyl (C=O) groups is 2. The van der Waals surface area contributed by atoms with Gasteiger partial charge < -0.3 is 10.4 Å².